The average molecular weight is 483 g/mol. The number of rotatable bonds is 6. The third-order valence-corrected chi connectivity index (χ3v) is 8.23. The summed E-state index contributed by atoms with van der Waals surface area (Å²) in [7, 11) is -3.90. The fraction of sp³-hybridized carbons (Fsp3) is 0.619. The van der Waals surface area contributed by atoms with Crippen LogP contribution in [0.25, 0.3) is 0 Å². The minimum absolute atomic E-state index is 0.0301. The summed E-state index contributed by atoms with van der Waals surface area (Å²) in [6.45, 7) is 5.06. The molecule has 182 valence electrons. The Hall–Kier alpha value is -2.73. The minimum atomic E-state index is -3.90. The summed E-state index contributed by atoms with van der Waals surface area (Å²) >= 11 is 0. The molecule has 3 rings (SSSR count). The Morgan fingerprint density at radius 2 is 1.79 bits per heavy atom. The highest BCUT2D eigenvalue weighted by Gasteiger charge is 2.34. The highest BCUT2D eigenvalue weighted by atomic mass is 32.2. The molecule has 1 aromatic carbocycles. The van der Waals surface area contributed by atoms with Gasteiger partial charge >= 0.3 is 6.09 Å². The van der Waals surface area contributed by atoms with Gasteiger partial charge in [0.05, 0.1) is 16.4 Å². The normalized spacial score (nSPS) is 18.7. The van der Waals surface area contributed by atoms with Crippen molar-refractivity contribution >= 4 is 27.7 Å². The lowest BCUT2D eigenvalue weighted by molar-refractivity contribution is -0.385. The van der Waals surface area contributed by atoms with E-state index in [1.165, 1.54) is 16.4 Å². The molecule has 2 fully saturated rings. The Morgan fingerprint density at radius 3 is 2.36 bits per heavy atom. The van der Waals surface area contributed by atoms with Crippen LogP contribution >= 0.6 is 0 Å². The Balaban J connectivity index is 1.53. The number of ether oxygens (including phenoxy) is 1. The molecule has 2 heterocycles. The second-order valence-electron chi connectivity index (χ2n) is 8.35. The lowest BCUT2D eigenvalue weighted by Crippen LogP contribution is -2.49. The van der Waals surface area contributed by atoms with Crippen molar-refractivity contribution in [3.8, 4) is 0 Å². The van der Waals surface area contributed by atoms with E-state index in [9.17, 15) is 28.1 Å². The molecule has 12 heteroatoms. The lowest BCUT2D eigenvalue weighted by atomic mass is 9.96. The van der Waals surface area contributed by atoms with E-state index in [1.807, 2.05) is 0 Å². The first-order chi connectivity index (χ1) is 15.6. The number of carbonyl (C=O) groups is 2. The summed E-state index contributed by atoms with van der Waals surface area (Å²) in [5, 5.41) is 14.1. The van der Waals surface area contributed by atoms with Crippen molar-refractivity contribution in [2.45, 2.75) is 50.5 Å². The number of nitro benzene ring substituents is 1. The van der Waals surface area contributed by atoms with Crippen LogP contribution in [0.15, 0.2) is 23.1 Å². The number of carbonyl (C=O) groups excluding carboxylic acids is 2. The molecule has 0 aliphatic carbocycles. The standard InChI is InChI=1S/C21H30N4O7S/c1-3-32-21(27)23-10-8-17(9-11-23)22-20(26)16-6-12-24(13-7-16)33(30,31)19-14-18(25(28)29)5-4-15(19)2/h4-5,14,16-17H,3,6-13H2,1-2H3,(H,22,26). The Kier molecular flexibility index (Phi) is 7.90. The molecule has 0 bridgehead atoms. The van der Waals surface area contributed by atoms with Gasteiger partial charge in [-0.2, -0.15) is 4.31 Å². The van der Waals surface area contributed by atoms with Crippen molar-refractivity contribution in [2.75, 3.05) is 32.8 Å². The fourth-order valence-corrected chi connectivity index (χ4v) is 5.93. The number of nitrogens with one attached hydrogen (secondary N) is 1. The van der Waals surface area contributed by atoms with Crippen LogP contribution < -0.4 is 5.32 Å². The quantitative estimate of drug-likeness (QED) is 0.483. The van der Waals surface area contributed by atoms with E-state index in [0.29, 0.717) is 50.9 Å². The number of hydrogen-bond donors (Lipinski definition) is 1. The highest BCUT2D eigenvalue weighted by Crippen LogP contribution is 2.28. The molecule has 11 nitrogen and oxygen atoms in total. The smallest absolute Gasteiger partial charge is 0.409 e. The van der Waals surface area contributed by atoms with Gasteiger partial charge in [0.1, 0.15) is 0 Å². The average Bonchev–Trinajstić information content (AvgIpc) is 2.79. The summed E-state index contributed by atoms with van der Waals surface area (Å²) < 4.78 is 32.4. The third-order valence-electron chi connectivity index (χ3n) is 6.19. The number of hydrogen-bond acceptors (Lipinski definition) is 7. The van der Waals surface area contributed by atoms with Gasteiger partial charge in [0.15, 0.2) is 0 Å². The lowest BCUT2D eigenvalue weighted by Gasteiger charge is -2.34. The first-order valence-electron chi connectivity index (χ1n) is 11.1. The molecule has 0 saturated carbocycles. The number of benzene rings is 1. The molecule has 0 unspecified atom stereocenters. The summed E-state index contributed by atoms with van der Waals surface area (Å²) in [4.78, 5) is 36.5. The molecule has 33 heavy (non-hydrogen) atoms. The Bertz CT molecular complexity index is 998. The first kappa shape index (κ1) is 24.9. The van der Waals surface area contributed by atoms with Crippen molar-refractivity contribution < 1.29 is 27.7 Å². The first-order valence-corrected chi connectivity index (χ1v) is 12.5. The number of non-ortho nitro benzene ring substituents is 1. The molecule has 0 aromatic heterocycles. The molecule has 1 aromatic rings. The van der Waals surface area contributed by atoms with E-state index >= 15 is 0 Å². The zero-order chi connectivity index (χ0) is 24.2. The third kappa shape index (κ3) is 5.80. The number of nitro groups is 1. The van der Waals surface area contributed by atoms with Gasteiger partial charge in [0.2, 0.25) is 15.9 Å². The number of likely N-dealkylation sites (tertiary alicyclic amines) is 1. The molecule has 2 aliphatic rings. The van der Waals surface area contributed by atoms with Crippen molar-refractivity contribution in [3.63, 3.8) is 0 Å². The zero-order valence-corrected chi connectivity index (χ0v) is 19.7. The maximum Gasteiger partial charge on any atom is 0.409 e. The van der Waals surface area contributed by atoms with Gasteiger partial charge in [-0.05, 0) is 45.1 Å². The molecule has 0 spiro atoms. The van der Waals surface area contributed by atoms with Gasteiger partial charge in [-0.3, -0.25) is 14.9 Å². The number of piperidine rings is 2. The maximum atomic E-state index is 13.1. The molecule has 0 atom stereocenters. The number of nitrogens with zero attached hydrogens (tertiary/aromatic N) is 3. The predicted molar refractivity (Wildman–Crippen MR) is 119 cm³/mol. The second-order valence-corrected chi connectivity index (χ2v) is 10.3. The largest absolute Gasteiger partial charge is 0.450 e. The van der Waals surface area contributed by atoms with E-state index in [0.717, 1.165) is 6.07 Å². The zero-order valence-electron chi connectivity index (χ0n) is 18.9. The minimum Gasteiger partial charge on any atom is -0.450 e. The van der Waals surface area contributed by atoms with Crippen LogP contribution in [-0.4, -0.2) is 73.4 Å². The van der Waals surface area contributed by atoms with Crippen molar-refractivity contribution in [1.82, 2.24) is 14.5 Å². The Morgan fingerprint density at radius 1 is 1.15 bits per heavy atom. The molecule has 1 N–H and O–H groups in total. The fourth-order valence-electron chi connectivity index (χ4n) is 4.22. The summed E-state index contributed by atoms with van der Waals surface area (Å²) in [6.07, 6.45) is 1.70. The molecular formula is C21H30N4O7S. The molecule has 2 aliphatic heterocycles. The van der Waals surface area contributed by atoms with Crippen LogP contribution in [0, 0.1) is 23.0 Å². The highest BCUT2D eigenvalue weighted by molar-refractivity contribution is 7.89. The topological polar surface area (TPSA) is 139 Å². The molecule has 0 radical (unpaired) electrons. The molecular weight excluding hydrogens is 452 g/mol. The van der Waals surface area contributed by atoms with E-state index in [2.05, 4.69) is 5.32 Å². The van der Waals surface area contributed by atoms with Gasteiger partial charge in [-0.25, -0.2) is 13.2 Å². The number of sulfonamides is 1. The van der Waals surface area contributed by atoms with E-state index in [1.54, 1.807) is 18.7 Å². The van der Waals surface area contributed by atoms with E-state index in [-0.39, 0.29) is 47.6 Å². The Labute approximate surface area is 193 Å². The van der Waals surface area contributed by atoms with Gasteiger partial charge in [0, 0.05) is 50.3 Å². The van der Waals surface area contributed by atoms with Crippen LogP contribution in [0.3, 0.4) is 0 Å². The molecule has 2 amide bonds. The monoisotopic (exact) mass is 482 g/mol. The van der Waals surface area contributed by atoms with Crippen molar-refractivity contribution in [3.05, 3.63) is 33.9 Å². The van der Waals surface area contributed by atoms with Crippen LogP contribution in [-0.2, 0) is 19.6 Å². The van der Waals surface area contributed by atoms with Gasteiger partial charge in [0.25, 0.3) is 5.69 Å². The maximum absolute atomic E-state index is 13.1. The van der Waals surface area contributed by atoms with Crippen LogP contribution in [0.2, 0.25) is 0 Å². The summed E-state index contributed by atoms with van der Waals surface area (Å²) in [5.41, 5.74) is 0.164. The van der Waals surface area contributed by atoms with Gasteiger partial charge in [-0.15, -0.1) is 0 Å². The predicted octanol–water partition coefficient (Wildman–Crippen LogP) is 2.04. The second kappa shape index (κ2) is 10.5. The van der Waals surface area contributed by atoms with Crippen molar-refractivity contribution in [2.24, 2.45) is 5.92 Å². The number of aryl methyl sites for hydroxylation is 1. The van der Waals surface area contributed by atoms with Gasteiger partial charge < -0.3 is 15.0 Å². The van der Waals surface area contributed by atoms with E-state index < -0.39 is 14.9 Å². The summed E-state index contributed by atoms with van der Waals surface area (Å²) in [6, 6.07) is 3.77. The van der Waals surface area contributed by atoms with Gasteiger partial charge in [-0.1, -0.05) is 6.07 Å². The van der Waals surface area contributed by atoms with Crippen LogP contribution in [0.1, 0.15) is 38.2 Å². The van der Waals surface area contributed by atoms with Crippen LogP contribution in [0.4, 0.5) is 10.5 Å². The summed E-state index contributed by atoms with van der Waals surface area (Å²) in [5.74, 6) is -0.404. The van der Waals surface area contributed by atoms with Crippen LogP contribution in [0.5, 0.6) is 0 Å². The number of amides is 2. The molecule has 2 saturated heterocycles. The van der Waals surface area contributed by atoms with E-state index in [4.69, 9.17) is 4.74 Å². The van der Waals surface area contributed by atoms with Crippen molar-refractivity contribution in [1.29, 1.82) is 0 Å². The SMILES string of the molecule is CCOC(=O)N1CCC(NC(=O)C2CCN(S(=O)(=O)c3cc([N+](=O)[O-])ccc3C)CC2)CC1.